The Hall–Kier alpha value is -3.39. The van der Waals surface area contributed by atoms with Gasteiger partial charge in [-0.3, -0.25) is 14.4 Å². The lowest BCUT2D eigenvalue weighted by molar-refractivity contribution is -0.132. The maximum absolute atomic E-state index is 13.3. The van der Waals surface area contributed by atoms with Crippen LogP contribution >= 0.6 is 0 Å². The Labute approximate surface area is 206 Å². The van der Waals surface area contributed by atoms with Crippen molar-refractivity contribution >= 4 is 17.7 Å². The zero-order chi connectivity index (χ0) is 25.4. The molecule has 8 heteroatoms. The van der Waals surface area contributed by atoms with E-state index < -0.39 is 35.9 Å². The molecule has 3 rings (SSSR count). The topological polar surface area (TPSA) is 117 Å². The van der Waals surface area contributed by atoms with Crippen LogP contribution in [0.5, 0.6) is 5.75 Å². The van der Waals surface area contributed by atoms with Crippen molar-refractivity contribution in [3.05, 3.63) is 65.7 Å². The summed E-state index contributed by atoms with van der Waals surface area (Å²) in [5.41, 5.74) is 1.24. The maximum Gasteiger partial charge on any atom is 0.252 e. The average Bonchev–Trinajstić information content (AvgIpc) is 3.67. The van der Waals surface area contributed by atoms with E-state index in [1.165, 1.54) is 7.11 Å². The first kappa shape index (κ1) is 26.2. The third kappa shape index (κ3) is 8.10. The van der Waals surface area contributed by atoms with Gasteiger partial charge in [0, 0.05) is 11.6 Å². The van der Waals surface area contributed by atoms with Crippen molar-refractivity contribution in [3.8, 4) is 5.75 Å². The molecule has 0 aromatic heterocycles. The van der Waals surface area contributed by atoms with E-state index in [-0.39, 0.29) is 18.4 Å². The fraction of sp³-hybridized carbons (Fsp3) is 0.444. The van der Waals surface area contributed by atoms with Crippen molar-refractivity contribution in [1.82, 2.24) is 16.0 Å². The van der Waals surface area contributed by atoms with Gasteiger partial charge in [-0.05, 0) is 55.4 Å². The number of aliphatic hydroxyl groups excluding tert-OH is 1. The van der Waals surface area contributed by atoms with Crippen LogP contribution < -0.4 is 20.7 Å². The molecule has 3 atom stereocenters. The smallest absolute Gasteiger partial charge is 0.252 e. The highest BCUT2D eigenvalue weighted by molar-refractivity contribution is 5.98. The van der Waals surface area contributed by atoms with Crippen molar-refractivity contribution in [2.75, 3.05) is 7.11 Å². The standard InChI is InChI=1S/C27H35N3O5/c1-17(2)14-23(30-25(32)19-10-7-11-21(16-19)35-3)26(33)29-22(15-18-8-5-4-6-9-18)24(31)27(34)28-20-12-13-20/h4-11,16-17,20,22-24,31H,12-15H2,1-3H3,(H,28,34)(H,29,33)(H,30,32)/t22-,23+,24?/m1/s1. The third-order valence-electron chi connectivity index (χ3n) is 5.86. The number of nitrogens with one attached hydrogen (secondary N) is 3. The average molecular weight is 482 g/mol. The van der Waals surface area contributed by atoms with Crippen LogP contribution in [-0.2, 0) is 16.0 Å². The first-order valence-electron chi connectivity index (χ1n) is 12.0. The highest BCUT2D eigenvalue weighted by atomic mass is 16.5. The fourth-order valence-electron chi connectivity index (χ4n) is 3.80. The van der Waals surface area contributed by atoms with Crippen LogP contribution in [0.4, 0.5) is 0 Å². The molecule has 188 valence electrons. The van der Waals surface area contributed by atoms with Gasteiger partial charge in [0.2, 0.25) is 5.91 Å². The third-order valence-corrected chi connectivity index (χ3v) is 5.86. The zero-order valence-corrected chi connectivity index (χ0v) is 20.5. The molecule has 0 saturated heterocycles. The van der Waals surface area contributed by atoms with Gasteiger partial charge in [0.15, 0.2) is 6.10 Å². The first-order chi connectivity index (χ1) is 16.8. The van der Waals surface area contributed by atoms with Crippen molar-refractivity contribution < 1.29 is 24.2 Å². The van der Waals surface area contributed by atoms with Gasteiger partial charge in [-0.15, -0.1) is 0 Å². The predicted octanol–water partition coefficient (Wildman–Crippen LogP) is 2.21. The number of ether oxygens (including phenoxy) is 1. The minimum atomic E-state index is -1.42. The summed E-state index contributed by atoms with van der Waals surface area (Å²) in [6, 6.07) is 14.4. The lowest BCUT2D eigenvalue weighted by atomic mass is 9.98. The number of methoxy groups -OCH3 is 1. The molecule has 1 aliphatic carbocycles. The Morgan fingerprint density at radius 3 is 2.34 bits per heavy atom. The highest BCUT2D eigenvalue weighted by Gasteiger charge is 2.34. The summed E-state index contributed by atoms with van der Waals surface area (Å²) in [4.78, 5) is 38.8. The van der Waals surface area contributed by atoms with Crippen LogP contribution in [-0.4, -0.2) is 54.2 Å². The number of hydrogen-bond acceptors (Lipinski definition) is 5. The Bertz CT molecular complexity index is 1010. The van der Waals surface area contributed by atoms with Gasteiger partial charge in [0.1, 0.15) is 11.8 Å². The first-order valence-corrected chi connectivity index (χ1v) is 12.0. The van der Waals surface area contributed by atoms with E-state index in [0.29, 0.717) is 17.7 Å². The number of carbonyl (C=O) groups is 3. The lowest BCUT2D eigenvalue weighted by Crippen LogP contribution is -2.56. The zero-order valence-electron chi connectivity index (χ0n) is 20.5. The minimum absolute atomic E-state index is 0.0843. The number of benzene rings is 2. The molecule has 0 spiro atoms. The van der Waals surface area contributed by atoms with E-state index in [1.807, 2.05) is 44.2 Å². The SMILES string of the molecule is COc1cccc(C(=O)N[C@@H](CC(C)C)C(=O)N[C@H](Cc2ccccc2)C(O)C(=O)NC2CC2)c1. The minimum Gasteiger partial charge on any atom is -0.497 e. The van der Waals surface area contributed by atoms with E-state index in [2.05, 4.69) is 16.0 Å². The fourth-order valence-corrected chi connectivity index (χ4v) is 3.80. The van der Waals surface area contributed by atoms with Crippen molar-refractivity contribution in [1.29, 1.82) is 0 Å². The summed E-state index contributed by atoms with van der Waals surface area (Å²) in [6.07, 6.45) is 1.02. The Morgan fingerprint density at radius 2 is 1.71 bits per heavy atom. The van der Waals surface area contributed by atoms with Crippen LogP contribution in [0.25, 0.3) is 0 Å². The molecule has 0 bridgehead atoms. The van der Waals surface area contributed by atoms with Crippen LogP contribution in [0.15, 0.2) is 54.6 Å². The van der Waals surface area contributed by atoms with E-state index >= 15 is 0 Å². The predicted molar refractivity (Wildman–Crippen MR) is 133 cm³/mol. The summed E-state index contributed by atoms with van der Waals surface area (Å²) in [5, 5.41) is 19.3. The molecule has 1 fully saturated rings. The normalized spacial score (nSPS) is 15.6. The summed E-state index contributed by atoms with van der Waals surface area (Å²) >= 11 is 0. The van der Waals surface area contributed by atoms with Crippen molar-refractivity contribution in [2.24, 2.45) is 5.92 Å². The number of carbonyl (C=O) groups excluding carboxylic acids is 3. The molecule has 35 heavy (non-hydrogen) atoms. The lowest BCUT2D eigenvalue weighted by Gasteiger charge is -2.27. The Morgan fingerprint density at radius 1 is 1.00 bits per heavy atom. The van der Waals surface area contributed by atoms with Crippen molar-refractivity contribution in [2.45, 2.75) is 63.8 Å². The van der Waals surface area contributed by atoms with E-state index in [0.717, 1.165) is 18.4 Å². The number of aliphatic hydroxyl groups is 1. The quantitative estimate of drug-likeness (QED) is 0.371. The Kier molecular flexibility index (Phi) is 9.25. The number of amides is 3. The molecule has 0 radical (unpaired) electrons. The Balaban J connectivity index is 1.75. The summed E-state index contributed by atoms with van der Waals surface area (Å²) < 4.78 is 5.19. The summed E-state index contributed by atoms with van der Waals surface area (Å²) in [7, 11) is 1.52. The molecule has 4 N–H and O–H groups in total. The largest absolute Gasteiger partial charge is 0.497 e. The second-order valence-corrected chi connectivity index (χ2v) is 9.42. The molecular weight excluding hydrogens is 446 g/mol. The summed E-state index contributed by atoms with van der Waals surface area (Å²) in [5.74, 6) is -0.706. The molecule has 8 nitrogen and oxygen atoms in total. The van der Waals surface area contributed by atoms with Crippen LogP contribution in [0.3, 0.4) is 0 Å². The van der Waals surface area contributed by atoms with Gasteiger partial charge in [-0.2, -0.15) is 0 Å². The maximum atomic E-state index is 13.3. The van der Waals surface area contributed by atoms with E-state index in [9.17, 15) is 19.5 Å². The number of hydrogen-bond donors (Lipinski definition) is 4. The molecule has 1 saturated carbocycles. The molecule has 0 aliphatic heterocycles. The monoisotopic (exact) mass is 481 g/mol. The molecular formula is C27H35N3O5. The van der Waals surface area contributed by atoms with Gasteiger partial charge in [0.05, 0.1) is 13.2 Å². The van der Waals surface area contributed by atoms with E-state index in [4.69, 9.17) is 4.74 Å². The van der Waals surface area contributed by atoms with Crippen molar-refractivity contribution in [3.63, 3.8) is 0 Å². The molecule has 2 aromatic carbocycles. The molecule has 1 unspecified atom stereocenters. The van der Waals surface area contributed by atoms with Crippen LogP contribution in [0.1, 0.15) is 49.0 Å². The second kappa shape index (κ2) is 12.4. The number of rotatable bonds is 12. The van der Waals surface area contributed by atoms with Gasteiger partial charge in [-0.25, -0.2) is 0 Å². The summed E-state index contributed by atoms with van der Waals surface area (Å²) in [6.45, 7) is 3.91. The van der Waals surface area contributed by atoms with Gasteiger partial charge in [0.25, 0.3) is 11.8 Å². The second-order valence-electron chi connectivity index (χ2n) is 9.42. The van der Waals surface area contributed by atoms with E-state index in [1.54, 1.807) is 24.3 Å². The van der Waals surface area contributed by atoms with Crippen LogP contribution in [0.2, 0.25) is 0 Å². The molecule has 3 amide bonds. The van der Waals surface area contributed by atoms with Gasteiger partial charge in [-0.1, -0.05) is 50.2 Å². The molecule has 0 heterocycles. The van der Waals surface area contributed by atoms with Gasteiger partial charge < -0.3 is 25.8 Å². The molecule has 1 aliphatic rings. The van der Waals surface area contributed by atoms with Crippen LogP contribution in [0, 0.1) is 5.92 Å². The molecule has 2 aromatic rings. The highest BCUT2D eigenvalue weighted by Crippen LogP contribution is 2.19. The van der Waals surface area contributed by atoms with Gasteiger partial charge >= 0.3 is 0 Å².